The molecule has 0 unspecified atom stereocenters. The van der Waals surface area contributed by atoms with E-state index in [4.69, 9.17) is 5.73 Å². The van der Waals surface area contributed by atoms with Crippen molar-refractivity contribution in [2.24, 2.45) is 7.05 Å². The lowest BCUT2D eigenvalue weighted by atomic mass is 10.1. The molecule has 0 atom stereocenters. The van der Waals surface area contributed by atoms with Crippen molar-refractivity contribution in [3.05, 3.63) is 59.7 Å². The molecule has 0 radical (unpaired) electrons. The molecular weight excluding hydrogens is 241 g/mol. The molecule has 96 valence electrons. The van der Waals surface area contributed by atoms with Crippen molar-refractivity contribution in [3.63, 3.8) is 0 Å². The quantitative estimate of drug-likeness (QED) is 0.715. The summed E-state index contributed by atoms with van der Waals surface area (Å²) in [4.78, 5) is 4.38. The van der Waals surface area contributed by atoms with E-state index in [-0.39, 0.29) is 5.82 Å². The second kappa shape index (κ2) is 4.39. The molecule has 0 saturated heterocycles. The van der Waals surface area contributed by atoms with Crippen LogP contribution in [-0.4, -0.2) is 9.55 Å². The smallest absolute Gasteiger partial charge is 0.151 e. The molecule has 1 aromatic heterocycles. The second-order valence-corrected chi connectivity index (χ2v) is 4.62. The molecular formula is C15H14FN3. The topological polar surface area (TPSA) is 43.8 Å². The first-order valence-corrected chi connectivity index (χ1v) is 6.09. The van der Waals surface area contributed by atoms with E-state index in [0.717, 1.165) is 22.6 Å². The highest BCUT2D eigenvalue weighted by molar-refractivity contribution is 5.76. The Morgan fingerprint density at radius 3 is 2.74 bits per heavy atom. The number of fused-ring (bicyclic) bond motifs is 1. The van der Waals surface area contributed by atoms with Gasteiger partial charge < -0.3 is 10.3 Å². The number of aromatic nitrogens is 2. The average Bonchev–Trinajstić information content (AvgIpc) is 2.69. The maximum Gasteiger partial charge on any atom is 0.151 e. The molecule has 3 aromatic rings. The number of imidazole rings is 1. The predicted molar refractivity (Wildman–Crippen MR) is 74.3 cm³/mol. The number of benzene rings is 2. The van der Waals surface area contributed by atoms with Gasteiger partial charge in [-0.3, -0.25) is 0 Å². The van der Waals surface area contributed by atoms with E-state index in [0.29, 0.717) is 11.9 Å². The zero-order chi connectivity index (χ0) is 13.4. The first-order chi connectivity index (χ1) is 9.15. The van der Waals surface area contributed by atoms with Crippen LogP contribution in [0.1, 0.15) is 11.4 Å². The van der Waals surface area contributed by atoms with Gasteiger partial charge in [0.1, 0.15) is 11.3 Å². The van der Waals surface area contributed by atoms with Gasteiger partial charge in [0.2, 0.25) is 0 Å². The third-order valence-corrected chi connectivity index (χ3v) is 3.27. The first kappa shape index (κ1) is 11.7. The molecule has 0 saturated carbocycles. The van der Waals surface area contributed by atoms with Crippen molar-refractivity contribution in [2.45, 2.75) is 6.42 Å². The lowest BCUT2D eigenvalue weighted by molar-refractivity contribution is 0.637. The van der Waals surface area contributed by atoms with E-state index in [9.17, 15) is 4.39 Å². The molecule has 0 spiro atoms. The van der Waals surface area contributed by atoms with Crippen LogP contribution in [0.15, 0.2) is 42.5 Å². The van der Waals surface area contributed by atoms with E-state index < -0.39 is 0 Å². The van der Waals surface area contributed by atoms with Gasteiger partial charge in [-0.05, 0) is 29.8 Å². The van der Waals surface area contributed by atoms with Gasteiger partial charge in [-0.2, -0.15) is 0 Å². The third-order valence-electron chi connectivity index (χ3n) is 3.27. The number of nitrogens with two attached hydrogens (primary N) is 1. The molecule has 0 aliphatic rings. The molecule has 4 heteroatoms. The van der Waals surface area contributed by atoms with E-state index in [2.05, 4.69) is 4.98 Å². The fourth-order valence-corrected chi connectivity index (χ4v) is 2.27. The molecule has 0 fully saturated rings. The summed E-state index contributed by atoms with van der Waals surface area (Å²) in [6.45, 7) is 0. The van der Waals surface area contributed by atoms with Gasteiger partial charge in [0.25, 0.3) is 0 Å². The van der Waals surface area contributed by atoms with Crippen molar-refractivity contribution >= 4 is 16.7 Å². The molecule has 2 aromatic carbocycles. The van der Waals surface area contributed by atoms with E-state index in [1.807, 2.05) is 41.9 Å². The molecule has 19 heavy (non-hydrogen) atoms. The van der Waals surface area contributed by atoms with Gasteiger partial charge in [-0.1, -0.05) is 18.2 Å². The minimum absolute atomic E-state index is 0.285. The Labute approximate surface area is 110 Å². The summed E-state index contributed by atoms with van der Waals surface area (Å²) in [6.07, 6.45) is 0.635. The maximum atomic E-state index is 13.7. The minimum Gasteiger partial charge on any atom is -0.399 e. The van der Waals surface area contributed by atoms with Crippen molar-refractivity contribution in [2.75, 3.05) is 5.73 Å². The standard InChI is InChI=1S/C15H14FN3/c1-19-13-7-3-6-12(16)15(13)18-14(19)9-10-4-2-5-11(17)8-10/h2-8H,9,17H2,1H3. The molecule has 2 N–H and O–H groups in total. The fourth-order valence-electron chi connectivity index (χ4n) is 2.27. The first-order valence-electron chi connectivity index (χ1n) is 6.09. The summed E-state index contributed by atoms with van der Waals surface area (Å²) in [5.74, 6) is 0.539. The summed E-state index contributed by atoms with van der Waals surface area (Å²) in [5, 5.41) is 0. The largest absolute Gasteiger partial charge is 0.399 e. The van der Waals surface area contributed by atoms with Crippen LogP contribution in [0, 0.1) is 5.82 Å². The van der Waals surface area contributed by atoms with Crippen LogP contribution in [0.5, 0.6) is 0 Å². The van der Waals surface area contributed by atoms with Gasteiger partial charge >= 0.3 is 0 Å². The van der Waals surface area contributed by atoms with Crippen LogP contribution in [0.25, 0.3) is 11.0 Å². The number of aryl methyl sites for hydroxylation is 1. The Morgan fingerprint density at radius 2 is 2.00 bits per heavy atom. The molecule has 0 bridgehead atoms. The number of para-hydroxylation sites is 1. The molecule has 3 nitrogen and oxygen atoms in total. The Bertz CT molecular complexity index is 746. The molecule has 0 amide bonds. The minimum atomic E-state index is -0.285. The number of hydrogen-bond donors (Lipinski definition) is 1. The van der Waals surface area contributed by atoms with Gasteiger partial charge in [-0.15, -0.1) is 0 Å². The van der Waals surface area contributed by atoms with Crippen LogP contribution in [0.3, 0.4) is 0 Å². The molecule has 3 rings (SSSR count). The van der Waals surface area contributed by atoms with Crippen LogP contribution >= 0.6 is 0 Å². The van der Waals surface area contributed by atoms with Crippen LogP contribution in [0.2, 0.25) is 0 Å². The predicted octanol–water partition coefficient (Wildman–Crippen LogP) is 2.89. The Morgan fingerprint density at radius 1 is 1.21 bits per heavy atom. The van der Waals surface area contributed by atoms with Crippen molar-refractivity contribution in [1.29, 1.82) is 0 Å². The van der Waals surface area contributed by atoms with Crippen molar-refractivity contribution in [3.8, 4) is 0 Å². The number of halogens is 1. The summed E-state index contributed by atoms with van der Waals surface area (Å²) >= 11 is 0. The lowest BCUT2D eigenvalue weighted by Gasteiger charge is -2.03. The number of nitrogens with zero attached hydrogens (tertiary/aromatic N) is 2. The molecule has 0 aliphatic carbocycles. The SMILES string of the molecule is Cn1c(Cc2cccc(N)c2)nc2c(F)cccc21. The van der Waals surface area contributed by atoms with Crippen LogP contribution in [0.4, 0.5) is 10.1 Å². The number of hydrogen-bond acceptors (Lipinski definition) is 2. The fraction of sp³-hybridized carbons (Fsp3) is 0.133. The van der Waals surface area contributed by atoms with Gasteiger partial charge in [-0.25, -0.2) is 9.37 Å². The number of anilines is 1. The highest BCUT2D eigenvalue weighted by atomic mass is 19.1. The molecule has 1 heterocycles. The van der Waals surface area contributed by atoms with Crippen molar-refractivity contribution < 1.29 is 4.39 Å². The van der Waals surface area contributed by atoms with E-state index in [1.54, 1.807) is 6.07 Å². The second-order valence-electron chi connectivity index (χ2n) is 4.62. The Kier molecular flexibility index (Phi) is 2.71. The maximum absolute atomic E-state index is 13.7. The lowest BCUT2D eigenvalue weighted by Crippen LogP contribution is -1.99. The number of rotatable bonds is 2. The van der Waals surface area contributed by atoms with Gasteiger partial charge in [0.15, 0.2) is 5.82 Å². The van der Waals surface area contributed by atoms with Gasteiger partial charge in [0, 0.05) is 19.2 Å². The normalized spacial score (nSPS) is 11.1. The highest BCUT2D eigenvalue weighted by Crippen LogP contribution is 2.20. The summed E-state index contributed by atoms with van der Waals surface area (Å²) in [5.41, 5.74) is 8.78. The summed E-state index contributed by atoms with van der Waals surface area (Å²) < 4.78 is 15.6. The average molecular weight is 255 g/mol. The summed E-state index contributed by atoms with van der Waals surface area (Å²) in [7, 11) is 1.90. The number of nitrogen functional groups attached to an aromatic ring is 1. The van der Waals surface area contributed by atoms with E-state index in [1.165, 1.54) is 6.07 Å². The zero-order valence-corrected chi connectivity index (χ0v) is 10.6. The third kappa shape index (κ3) is 2.05. The van der Waals surface area contributed by atoms with E-state index >= 15 is 0 Å². The summed E-state index contributed by atoms with van der Waals surface area (Å²) in [6, 6.07) is 12.7. The zero-order valence-electron chi connectivity index (χ0n) is 10.6. The monoisotopic (exact) mass is 255 g/mol. The van der Waals surface area contributed by atoms with Crippen LogP contribution in [-0.2, 0) is 13.5 Å². The molecule has 0 aliphatic heterocycles. The van der Waals surface area contributed by atoms with Crippen molar-refractivity contribution in [1.82, 2.24) is 9.55 Å². The van der Waals surface area contributed by atoms with Gasteiger partial charge in [0.05, 0.1) is 5.52 Å². The highest BCUT2D eigenvalue weighted by Gasteiger charge is 2.11. The van der Waals surface area contributed by atoms with Crippen LogP contribution < -0.4 is 5.73 Å². The Balaban J connectivity index is 2.06. The Hall–Kier alpha value is -2.36.